The highest BCUT2D eigenvalue weighted by Crippen LogP contribution is 2.26. The summed E-state index contributed by atoms with van der Waals surface area (Å²) in [6, 6.07) is 17.2. The molecule has 1 aliphatic rings. The van der Waals surface area contributed by atoms with Gasteiger partial charge in [0.05, 0.1) is 0 Å². The van der Waals surface area contributed by atoms with Gasteiger partial charge in [-0.25, -0.2) is 0 Å². The second-order valence-electron chi connectivity index (χ2n) is 5.65. The van der Waals surface area contributed by atoms with Crippen molar-refractivity contribution in [2.24, 2.45) is 0 Å². The van der Waals surface area contributed by atoms with Crippen molar-refractivity contribution >= 4 is 36.6 Å². The Labute approximate surface area is 151 Å². The first-order valence-electron chi connectivity index (χ1n) is 7.64. The van der Waals surface area contributed by atoms with E-state index in [2.05, 4.69) is 53.9 Å². The molecule has 0 amide bonds. The lowest BCUT2D eigenvalue weighted by Crippen LogP contribution is -2.34. The van der Waals surface area contributed by atoms with Crippen LogP contribution in [0.2, 0.25) is 0 Å². The zero-order valence-electron chi connectivity index (χ0n) is 13.1. The molecule has 3 N–H and O–H groups in total. The van der Waals surface area contributed by atoms with Crippen LogP contribution in [0.3, 0.4) is 0 Å². The van der Waals surface area contributed by atoms with E-state index in [4.69, 9.17) is 5.73 Å². The highest BCUT2D eigenvalue weighted by atomic mass is 35.5. The number of hydrogen-bond acceptors (Lipinski definition) is 2. The first kappa shape index (κ1) is 19.6. The van der Waals surface area contributed by atoms with E-state index in [-0.39, 0.29) is 24.8 Å². The lowest BCUT2D eigenvalue weighted by atomic mass is 9.87. The number of nitrogen functional groups attached to an aromatic ring is 1. The standard InChI is InChI=1S/C19H22N2.2ClH/c20-19-10-4-9-16-14-17(11-12-18(16)19)21-13-5-8-15-6-2-1-3-7-15;;/h1-10,17,21H,11-14,20H2;2*1H. The summed E-state index contributed by atoms with van der Waals surface area (Å²) in [5.74, 6) is 0. The third-order valence-electron chi connectivity index (χ3n) is 4.15. The predicted molar refractivity (Wildman–Crippen MR) is 105 cm³/mol. The van der Waals surface area contributed by atoms with E-state index >= 15 is 0 Å². The summed E-state index contributed by atoms with van der Waals surface area (Å²) in [7, 11) is 0. The normalized spacial score (nSPS) is 16.3. The minimum Gasteiger partial charge on any atom is -0.398 e. The number of anilines is 1. The Bertz CT molecular complexity index is 627. The van der Waals surface area contributed by atoms with Crippen LogP contribution in [0.15, 0.2) is 54.6 Å². The topological polar surface area (TPSA) is 38.0 Å². The average molecular weight is 351 g/mol. The molecule has 23 heavy (non-hydrogen) atoms. The Morgan fingerprint density at radius 3 is 2.61 bits per heavy atom. The maximum Gasteiger partial charge on any atom is 0.0349 e. The van der Waals surface area contributed by atoms with E-state index in [0.29, 0.717) is 6.04 Å². The number of hydrogen-bond donors (Lipinski definition) is 2. The summed E-state index contributed by atoms with van der Waals surface area (Å²) in [5.41, 5.74) is 11.0. The van der Waals surface area contributed by atoms with Crippen LogP contribution >= 0.6 is 24.8 Å². The van der Waals surface area contributed by atoms with E-state index in [0.717, 1.165) is 25.1 Å². The molecule has 1 unspecified atom stereocenters. The van der Waals surface area contributed by atoms with Gasteiger partial charge in [-0.1, -0.05) is 54.6 Å². The van der Waals surface area contributed by atoms with E-state index in [9.17, 15) is 0 Å². The minimum absolute atomic E-state index is 0. The van der Waals surface area contributed by atoms with Crippen LogP contribution in [-0.2, 0) is 12.8 Å². The van der Waals surface area contributed by atoms with E-state index < -0.39 is 0 Å². The molecule has 0 saturated carbocycles. The van der Waals surface area contributed by atoms with Crippen molar-refractivity contribution in [2.75, 3.05) is 12.3 Å². The van der Waals surface area contributed by atoms with Crippen molar-refractivity contribution in [3.63, 3.8) is 0 Å². The molecule has 0 aromatic heterocycles. The molecule has 1 aliphatic carbocycles. The van der Waals surface area contributed by atoms with Gasteiger partial charge in [0.1, 0.15) is 0 Å². The summed E-state index contributed by atoms with van der Waals surface area (Å²) >= 11 is 0. The fourth-order valence-corrected chi connectivity index (χ4v) is 3.00. The molecule has 0 radical (unpaired) electrons. The number of fused-ring (bicyclic) bond motifs is 1. The molecule has 2 aromatic rings. The van der Waals surface area contributed by atoms with Crippen LogP contribution < -0.4 is 11.1 Å². The minimum atomic E-state index is 0. The molecule has 0 heterocycles. The monoisotopic (exact) mass is 350 g/mol. The molecule has 124 valence electrons. The third kappa shape index (κ3) is 5.28. The maximum atomic E-state index is 6.04. The molecule has 2 nitrogen and oxygen atoms in total. The predicted octanol–water partition coefficient (Wildman–Crippen LogP) is 4.27. The third-order valence-corrected chi connectivity index (χ3v) is 4.15. The molecule has 0 saturated heterocycles. The fourth-order valence-electron chi connectivity index (χ4n) is 3.00. The van der Waals surface area contributed by atoms with Crippen LogP contribution in [0.1, 0.15) is 23.1 Å². The molecule has 2 aromatic carbocycles. The zero-order chi connectivity index (χ0) is 14.5. The lowest BCUT2D eigenvalue weighted by Gasteiger charge is -2.26. The first-order valence-corrected chi connectivity index (χ1v) is 7.64. The van der Waals surface area contributed by atoms with Gasteiger partial charge in [-0.2, -0.15) is 0 Å². The van der Waals surface area contributed by atoms with Crippen molar-refractivity contribution in [2.45, 2.75) is 25.3 Å². The van der Waals surface area contributed by atoms with Gasteiger partial charge in [0.25, 0.3) is 0 Å². The average Bonchev–Trinajstić information content (AvgIpc) is 2.53. The van der Waals surface area contributed by atoms with Crippen LogP contribution in [0, 0.1) is 0 Å². The van der Waals surface area contributed by atoms with Gasteiger partial charge in [-0.3, -0.25) is 0 Å². The van der Waals surface area contributed by atoms with Crippen molar-refractivity contribution in [3.05, 3.63) is 71.3 Å². The summed E-state index contributed by atoms with van der Waals surface area (Å²) in [5, 5.41) is 3.62. The van der Waals surface area contributed by atoms with Crippen molar-refractivity contribution in [1.82, 2.24) is 5.32 Å². The van der Waals surface area contributed by atoms with Gasteiger partial charge >= 0.3 is 0 Å². The van der Waals surface area contributed by atoms with Crippen molar-refractivity contribution in [3.8, 4) is 0 Å². The SMILES string of the molecule is Cl.Cl.Nc1cccc2c1CCC(NCC=Cc1ccccc1)C2. The highest BCUT2D eigenvalue weighted by Gasteiger charge is 2.18. The Hall–Kier alpha value is -1.48. The lowest BCUT2D eigenvalue weighted by molar-refractivity contribution is 0.480. The summed E-state index contributed by atoms with van der Waals surface area (Å²) < 4.78 is 0. The summed E-state index contributed by atoms with van der Waals surface area (Å²) in [6.07, 6.45) is 7.70. The van der Waals surface area contributed by atoms with Crippen LogP contribution in [0.25, 0.3) is 6.08 Å². The molecule has 0 spiro atoms. The number of benzene rings is 2. The summed E-state index contributed by atoms with van der Waals surface area (Å²) in [4.78, 5) is 0. The number of rotatable bonds is 4. The number of nitrogens with two attached hydrogens (primary N) is 1. The van der Waals surface area contributed by atoms with E-state index in [1.54, 1.807) is 0 Å². The van der Waals surface area contributed by atoms with Gasteiger partial charge in [0.15, 0.2) is 0 Å². The Morgan fingerprint density at radius 2 is 1.83 bits per heavy atom. The Balaban J connectivity index is 0.00000132. The molecular weight excluding hydrogens is 327 g/mol. The summed E-state index contributed by atoms with van der Waals surface area (Å²) in [6.45, 7) is 0.914. The van der Waals surface area contributed by atoms with Crippen LogP contribution in [-0.4, -0.2) is 12.6 Å². The number of nitrogens with one attached hydrogen (secondary N) is 1. The molecule has 0 bridgehead atoms. The fraction of sp³-hybridized carbons (Fsp3) is 0.263. The van der Waals surface area contributed by atoms with Crippen LogP contribution in [0.5, 0.6) is 0 Å². The Morgan fingerprint density at radius 1 is 1.04 bits per heavy atom. The van der Waals surface area contributed by atoms with Gasteiger partial charge in [0, 0.05) is 18.3 Å². The highest BCUT2D eigenvalue weighted by molar-refractivity contribution is 5.85. The van der Waals surface area contributed by atoms with Gasteiger partial charge < -0.3 is 11.1 Å². The smallest absolute Gasteiger partial charge is 0.0349 e. The molecule has 0 aliphatic heterocycles. The largest absolute Gasteiger partial charge is 0.398 e. The number of halogens is 2. The zero-order valence-corrected chi connectivity index (χ0v) is 14.7. The molecule has 1 atom stereocenters. The van der Waals surface area contributed by atoms with E-state index in [1.807, 2.05) is 12.1 Å². The second kappa shape index (κ2) is 9.61. The Kier molecular flexibility index (Phi) is 8.18. The second-order valence-corrected chi connectivity index (χ2v) is 5.65. The molecule has 4 heteroatoms. The van der Waals surface area contributed by atoms with Crippen molar-refractivity contribution in [1.29, 1.82) is 0 Å². The van der Waals surface area contributed by atoms with Gasteiger partial charge in [-0.15, -0.1) is 24.8 Å². The molecular formula is C19H24Cl2N2. The first-order chi connectivity index (χ1) is 10.3. The maximum absolute atomic E-state index is 6.04. The quantitative estimate of drug-likeness (QED) is 0.808. The van der Waals surface area contributed by atoms with Gasteiger partial charge in [-0.05, 0) is 42.0 Å². The van der Waals surface area contributed by atoms with Gasteiger partial charge in [0.2, 0.25) is 0 Å². The molecule has 0 fully saturated rings. The molecule has 3 rings (SSSR count). The van der Waals surface area contributed by atoms with Crippen molar-refractivity contribution < 1.29 is 0 Å². The van der Waals surface area contributed by atoms with Crippen LogP contribution in [0.4, 0.5) is 5.69 Å². The van der Waals surface area contributed by atoms with E-state index in [1.165, 1.54) is 23.1 Å².